The molecule has 0 aromatic carbocycles. The van der Waals surface area contributed by atoms with Crippen LogP contribution in [0.4, 0.5) is 0 Å². The number of carbonyl (C=O) groups excluding carboxylic acids is 1. The standard InChI is InChI=1S/C13H14BrNO6S2/c1-7(16)20-13-10(17)12(9-3-2-6-22-9)21-11(13)8(14)4-5-15-23(18)19/h2-3,6,8,15,17H,4-5H2,1H3,(H,18,19). The highest BCUT2D eigenvalue weighted by Crippen LogP contribution is 2.48. The van der Waals surface area contributed by atoms with E-state index in [1.165, 1.54) is 18.3 Å². The Hall–Kier alpha value is -1.20. The molecule has 2 rings (SSSR count). The Labute approximate surface area is 147 Å². The molecule has 0 saturated carbocycles. The number of aromatic hydroxyl groups is 1. The van der Waals surface area contributed by atoms with Crippen molar-refractivity contribution in [1.82, 2.24) is 4.72 Å². The molecule has 3 N–H and O–H groups in total. The summed E-state index contributed by atoms with van der Waals surface area (Å²) in [7, 11) is 0. The van der Waals surface area contributed by atoms with Crippen LogP contribution in [0.25, 0.3) is 10.6 Å². The predicted molar refractivity (Wildman–Crippen MR) is 90.1 cm³/mol. The van der Waals surface area contributed by atoms with E-state index in [-0.39, 0.29) is 29.6 Å². The van der Waals surface area contributed by atoms with Gasteiger partial charge >= 0.3 is 5.97 Å². The molecule has 0 radical (unpaired) electrons. The summed E-state index contributed by atoms with van der Waals surface area (Å²) < 4.78 is 32.4. The number of furan rings is 1. The smallest absolute Gasteiger partial charge is 0.308 e. The van der Waals surface area contributed by atoms with E-state index in [9.17, 15) is 14.1 Å². The summed E-state index contributed by atoms with van der Waals surface area (Å²) in [4.78, 5) is 11.5. The van der Waals surface area contributed by atoms with E-state index in [4.69, 9.17) is 13.7 Å². The fourth-order valence-electron chi connectivity index (χ4n) is 1.85. The highest BCUT2D eigenvalue weighted by molar-refractivity contribution is 9.09. The van der Waals surface area contributed by atoms with Crippen molar-refractivity contribution < 1.29 is 27.8 Å². The molecule has 2 unspecified atom stereocenters. The summed E-state index contributed by atoms with van der Waals surface area (Å²) in [5.74, 6) is -0.427. The molecule has 0 aliphatic heterocycles. The Bertz CT molecular complexity index is 700. The third kappa shape index (κ3) is 4.64. The number of esters is 1. The average molecular weight is 424 g/mol. The second kappa shape index (κ2) is 8.06. The van der Waals surface area contributed by atoms with Crippen LogP contribution in [-0.2, 0) is 16.1 Å². The molecule has 23 heavy (non-hydrogen) atoms. The van der Waals surface area contributed by atoms with E-state index < -0.39 is 22.1 Å². The fraction of sp³-hybridized carbons (Fsp3) is 0.308. The molecule has 2 aromatic heterocycles. The molecule has 2 atom stereocenters. The lowest BCUT2D eigenvalue weighted by atomic mass is 10.2. The first-order valence-corrected chi connectivity index (χ1v) is 9.36. The lowest BCUT2D eigenvalue weighted by Gasteiger charge is -2.08. The van der Waals surface area contributed by atoms with Gasteiger partial charge in [-0.25, -0.2) is 8.93 Å². The number of rotatable bonds is 7. The molecular formula is C13H14BrNO6S2. The molecule has 0 amide bonds. The number of ether oxygens (including phenoxy) is 1. The van der Waals surface area contributed by atoms with Crippen LogP contribution in [0.2, 0.25) is 0 Å². The van der Waals surface area contributed by atoms with Crippen LogP contribution in [0.5, 0.6) is 11.5 Å². The van der Waals surface area contributed by atoms with Crippen LogP contribution < -0.4 is 9.46 Å². The van der Waals surface area contributed by atoms with Crippen molar-refractivity contribution in [2.45, 2.75) is 18.2 Å². The Morgan fingerprint density at radius 2 is 2.35 bits per heavy atom. The van der Waals surface area contributed by atoms with Crippen LogP contribution in [0.1, 0.15) is 23.9 Å². The third-order valence-electron chi connectivity index (χ3n) is 2.76. The fourth-order valence-corrected chi connectivity index (χ4v) is 3.38. The molecular weight excluding hydrogens is 410 g/mol. The first kappa shape index (κ1) is 18.1. The van der Waals surface area contributed by atoms with Gasteiger partial charge in [-0.1, -0.05) is 22.0 Å². The Balaban J connectivity index is 2.30. The maximum absolute atomic E-state index is 11.3. The largest absolute Gasteiger partial charge is 0.502 e. The number of nitrogens with one attached hydrogen (secondary N) is 1. The van der Waals surface area contributed by atoms with Crippen molar-refractivity contribution in [3.05, 3.63) is 23.3 Å². The summed E-state index contributed by atoms with van der Waals surface area (Å²) in [5, 5.41) is 12.1. The Morgan fingerprint density at radius 1 is 1.61 bits per heavy atom. The van der Waals surface area contributed by atoms with E-state index in [0.717, 1.165) is 0 Å². The van der Waals surface area contributed by atoms with Gasteiger partial charge in [0.15, 0.2) is 11.5 Å². The summed E-state index contributed by atoms with van der Waals surface area (Å²) in [6, 6.07) is 3.57. The van der Waals surface area contributed by atoms with Crippen molar-refractivity contribution in [3.8, 4) is 22.1 Å². The van der Waals surface area contributed by atoms with Crippen molar-refractivity contribution in [2.24, 2.45) is 0 Å². The van der Waals surface area contributed by atoms with E-state index in [0.29, 0.717) is 11.3 Å². The van der Waals surface area contributed by atoms with Crippen LogP contribution in [0, 0.1) is 0 Å². The molecule has 2 aromatic rings. The topological polar surface area (TPSA) is 109 Å². The normalized spacial score (nSPS) is 13.7. The zero-order chi connectivity index (χ0) is 17.0. The molecule has 7 nitrogen and oxygen atoms in total. The highest BCUT2D eigenvalue weighted by atomic mass is 79.9. The van der Waals surface area contributed by atoms with E-state index in [2.05, 4.69) is 20.7 Å². The van der Waals surface area contributed by atoms with Crippen LogP contribution >= 0.6 is 27.3 Å². The maximum Gasteiger partial charge on any atom is 0.308 e. The van der Waals surface area contributed by atoms with Gasteiger partial charge in [0.2, 0.25) is 22.8 Å². The van der Waals surface area contributed by atoms with Gasteiger partial charge in [0.25, 0.3) is 0 Å². The first-order chi connectivity index (χ1) is 10.9. The third-order valence-corrected chi connectivity index (χ3v) is 4.96. The summed E-state index contributed by atoms with van der Waals surface area (Å²) in [5.41, 5.74) is 0. The predicted octanol–water partition coefficient (Wildman–Crippen LogP) is 3.19. The lowest BCUT2D eigenvalue weighted by molar-refractivity contribution is -0.132. The molecule has 126 valence electrons. The molecule has 2 heterocycles. The number of carbonyl (C=O) groups is 1. The Morgan fingerprint density at radius 3 is 2.91 bits per heavy atom. The molecule has 0 aliphatic rings. The molecule has 0 aliphatic carbocycles. The second-order valence-corrected chi connectivity index (χ2v) is 7.28. The second-order valence-electron chi connectivity index (χ2n) is 4.44. The van der Waals surface area contributed by atoms with Gasteiger partial charge in [-0.05, 0) is 17.9 Å². The van der Waals surface area contributed by atoms with Crippen LogP contribution in [0.15, 0.2) is 21.9 Å². The first-order valence-electron chi connectivity index (χ1n) is 6.46. The minimum Gasteiger partial charge on any atom is -0.502 e. The van der Waals surface area contributed by atoms with E-state index in [1.54, 1.807) is 12.1 Å². The highest BCUT2D eigenvalue weighted by Gasteiger charge is 2.28. The van der Waals surface area contributed by atoms with Crippen molar-refractivity contribution in [3.63, 3.8) is 0 Å². The van der Waals surface area contributed by atoms with E-state index in [1.807, 2.05) is 5.38 Å². The minimum absolute atomic E-state index is 0.0482. The zero-order valence-electron chi connectivity index (χ0n) is 11.9. The van der Waals surface area contributed by atoms with Gasteiger partial charge < -0.3 is 14.3 Å². The molecule has 0 bridgehead atoms. The van der Waals surface area contributed by atoms with Crippen molar-refractivity contribution >= 4 is 44.5 Å². The summed E-state index contributed by atoms with van der Waals surface area (Å²) in [6.07, 6.45) is 0.372. The van der Waals surface area contributed by atoms with Gasteiger partial charge in [0.1, 0.15) is 0 Å². The minimum atomic E-state index is -2.11. The van der Waals surface area contributed by atoms with Gasteiger partial charge in [-0.2, -0.15) is 0 Å². The number of halogens is 1. The van der Waals surface area contributed by atoms with Gasteiger partial charge in [0, 0.05) is 13.5 Å². The number of thiophene rings is 1. The molecule has 0 fully saturated rings. The van der Waals surface area contributed by atoms with Gasteiger partial charge in [0.05, 0.1) is 9.70 Å². The van der Waals surface area contributed by atoms with Crippen molar-refractivity contribution in [1.29, 1.82) is 0 Å². The zero-order valence-corrected chi connectivity index (χ0v) is 15.2. The van der Waals surface area contributed by atoms with Crippen molar-refractivity contribution in [2.75, 3.05) is 6.54 Å². The van der Waals surface area contributed by atoms with Crippen LogP contribution in [-0.4, -0.2) is 26.4 Å². The molecule has 10 heteroatoms. The van der Waals surface area contributed by atoms with Gasteiger partial charge in [-0.3, -0.25) is 9.35 Å². The molecule has 0 saturated heterocycles. The average Bonchev–Trinajstić information content (AvgIpc) is 3.07. The number of hydrogen-bond donors (Lipinski definition) is 3. The SMILES string of the molecule is CC(=O)Oc1c(C(Br)CCNS(=O)O)oc(-c2cccs2)c1O. The maximum atomic E-state index is 11.3. The number of hydrogen-bond acceptors (Lipinski definition) is 6. The summed E-state index contributed by atoms with van der Waals surface area (Å²) in [6.45, 7) is 1.44. The van der Waals surface area contributed by atoms with Gasteiger partial charge in [-0.15, -0.1) is 11.3 Å². The van der Waals surface area contributed by atoms with Crippen LogP contribution in [0.3, 0.4) is 0 Å². The molecule has 0 spiro atoms. The number of alkyl halides is 1. The summed E-state index contributed by atoms with van der Waals surface area (Å²) >= 11 is 2.63. The lowest BCUT2D eigenvalue weighted by Crippen LogP contribution is -2.18. The Kier molecular flexibility index (Phi) is 6.36. The monoisotopic (exact) mass is 423 g/mol. The van der Waals surface area contributed by atoms with E-state index >= 15 is 0 Å². The quantitative estimate of drug-likeness (QED) is 0.358.